The largest absolute Gasteiger partial charge is 0.134 e. The van der Waals surface area contributed by atoms with E-state index in [0.29, 0.717) is 0 Å². The number of fused-ring (bicyclic) bond motifs is 13. The van der Waals surface area contributed by atoms with Crippen molar-refractivity contribution in [2.75, 3.05) is 0 Å². The molecule has 12 aromatic carbocycles. The second-order valence-electron chi connectivity index (χ2n) is 16.3. The summed E-state index contributed by atoms with van der Waals surface area (Å²) in [4.78, 5) is 0. The second-order valence-corrected chi connectivity index (χ2v) is 17.3. The normalized spacial score (nSPS) is 11.9. The molecule has 0 nitrogen and oxygen atoms in total. The van der Waals surface area contributed by atoms with E-state index >= 15 is 0 Å². The maximum atomic E-state index is 2.40. The van der Waals surface area contributed by atoms with Crippen molar-refractivity contribution in [1.29, 1.82) is 0 Å². The van der Waals surface area contributed by atoms with E-state index in [1.54, 1.807) is 0 Å². The molecule has 1 heteroatoms. The molecule has 0 saturated carbocycles. The summed E-state index contributed by atoms with van der Waals surface area (Å²) in [5.74, 6) is 0. The van der Waals surface area contributed by atoms with Crippen LogP contribution in [0.25, 0.3) is 129 Å². The Bertz CT molecular complexity index is 3830. The number of benzene rings is 12. The van der Waals surface area contributed by atoms with E-state index in [9.17, 15) is 0 Å². The van der Waals surface area contributed by atoms with Crippen molar-refractivity contribution in [2.45, 2.75) is 0 Å². The number of hydrogen-bond acceptors (Lipinski definition) is 1. The third kappa shape index (κ3) is 5.18. The molecule has 0 spiro atoms. The first kappa shape index (κ1) is 34.3. The van der Waals surface area contributed by atoms with E-state index < -0.39 is 0 Å². The molecule has 0 atom stereocenters. The highest BCUT2D eigenvalue weighted by Gasteiger charge is 2.20. The highest BCUT2D eigenvalue weighted by Crippen LogP contribution is 2.49. The van der Waals surface area contributed by atoms with Crippen molar-refractivity contribution >= 4 is 96.1 Å². The van der Waals surface area contributed by atoms with Gasteiger partial charge in [-0.3, -0.25) is 0 Å². The quantitative estimate of drug-likeness (QED) is 0.123. The number of rotatable bonds is 4. The van der Waals surface area contributed by atoms with E-state index in [0.717, 1.165) is 0 Å². The Hall–Kier alpha value is -7.58. The molecule has 0 amide bonds. The minimum atomic E-state index is 1.21. The van der Waals surface area contributed by atoms with Crippen LogP contribution in [-0.2, 0) is 0 Å². The summed E-state index contributed by atoms with van der Waals surface area (Å²) in [6.07, 6.45) is 0. The maximum absolute atomic E-state index is 2.40. The van der Waals surface area contributed by atoms with E-state index in [-0.39, 0.29) is 0 Å². The Labute approximate surface area is 357 Å². The molecule has 0 bridgehead atoms. The molecule has 282 valence electrons. The molecule has 1 heterocycles. The molecule has 0 fully saturated rings. The number of hydrogen-bond donors (Lipinski definition) is 0. The lowest BCUT2D eigenvalue weighted by Crippen LogP contribution is -1.91. The lowest BCUT2D eigenvalue weighted by molar-refractivity contribution is 1.59. The van der Waals surface area contributed by atoms with Crippen LogP contribution in [0.4, 0.5) is 0 Å². The molecular weight excluding hydrogens is 753 g/mol. The van der Waals surface area contributed by atoms with Gasteiger partial charge < -0.3 is 0 Å². The molecule has 61 heavy (non-hydrogen) atoms. The molecule has 0 saturated heterocycles. The van der Waals surface area contributed by atoms with Gasteiger partial charge in [0.25, 0.3) is 0 Å². The average Bonchev–Trinajstić information content (AvgIpc) is 3.73. The van der Waals surface area contributed by atoms with Crippen molar-refractivity contribution < 1.29 is 0 Å². The first-order valence-electron chi connectivity index (χ1n) is 21.1. The Morgan fingerprint density at radius 1 is 0.213 bits per heavy atom. The van der Waals surface area contributed by atoms with Crippen molar-refractivity contribution in [3.63, 3.8) is 0 Å². The molecule has 1 aromatic heterocycles. The Morgan fingerprint density at radius 3 is 1.26 bits per heavy atom. The van der Waals surface area contributed by atoms with Gasteiger partial charge in [-0.15, -0.1) is 11.3 Å². The van der Waals surface area contributed by atoms with Gasteiger partial charge in [-0.1, -0.05) is 212 Å². The van der Waals surface area contributed by atoms with Gasteiger partial charge in [0.2, 0.25) is 0 Å². The summed E-state index contributed by atoms with van der Waals surface area (Å²) >= 11 is 1.93. The molecule has 0 aliphatic carbocycles. The van der Waals surface area contributed by atoms with Crippen LogP contribution in [0.5, 0.6) is 0 Å². The molecule has 13 aromatic rings. The molecule has 0 N–H and O–H groups in total. The van der Waals surface area contributed by atoms with Crippen LogP contribution < -0.4 is 0 Å². The van der Waals surface area contributed by atoms with Crippen LogP contribution in [0.1, 0.15) is 0 Å². The van der Waals surface area contributed by atoms with Gasteiger partial charge in [0.1, 0.15) is 0 Å². The fourth-order valence-corrected chi connectivity index (χ4v) is 11.7. The molecule has 0 aliphatic rings. The van der Waals surface area contributed by atoms with Crippen molar-refractivity contribution in [2.24, 2.45) is 0 Å². The molecule has 0 aliphatic heterocycles. The van der Waals surface area contributed by atoms with Crippen LogP contribution in [0, 0.1) is 0 Å². The van der Waals surface area contributed by atoms with Gasteiger partial charge in [-0.2, -0.15) is 0 Å². The van der Waals surface area contributed by atoms with Crippen LogP contribution in [0.3, 0.4) is 0 Å². The van der Waals surface area contributed by atoms with Crippen molar-refractivity contribution in [3.8, 4) is 44.5 Å². The lowest BCUT2D eigenvalue weighted by atomic mass is 9.85. The van der Waals surface area contributed by atoms with E-state index in [1.807, 2.05) is 11.3 Å². The van der Waals surface area contributed by atoms with Crippen molar-refractivity contribution in [1.82, 2.24) is 0 Å². The second kappa shape index (κ2) is 13.5. The maximum Gasteiger partial charge on any atom is 0.0434 e. The summed E-state index contributed by atoms with van der Waals surface area (Å²) < 4.78 is 2.70. The Balaban J connectivity index is 0.966. The molecule has 0 unspecified atom stereocenters. The minimum Gasteiger partial charge on any atom is -0.134 e. The van der Waals surface area contributed by atoms with Gasteiger partial charge in [-0.05, 0) is 110 Å². The smallest absolute Gasteiger partial charge is 0.0434 e. The summed E-state index contributed by atoms with van der Waals surface area (Å²) in [5.41, 5.74) is 9.99. The minimum absolute atomic E-state index is 1.21. The summed E-state index contributed by atoms with van der Waals surface area (Å²) in [5, 5.41) is 18.1. The lowest BCUT2D eigenvalue weighted by Gasteiger charge is -2.18. The third-order valence-electron chi connectivity index (χ3n) is 13.1. The van der Waals surface area contributed by atoms with Gasteiger partial charge in [0.15, 0.2) is 0 Å². The summed E-state index contributed by atoms with van der Waals surface area (Å²) in [6.45, 7) is 0. The summed E-state index contributed by atoms with van der Waals surface area (Å²) in [7, 11) is 0. The Kier molecular flexibility index (Phi) is 7.58. The zero-order valence-electron chi connectivity index (χ0n) is 33.2. The van der Waals surface area contributed by atoms with E-state index in [2.05, 4.69) is 218 Å². The Morgan fingerprint density at radius 2 is 0.623 bits per heavy atom. The predicted molar refractivity (Wildman–Crippen MR) is 266 cm³/mol. The zero-order chi connectivity index (χ0) is 40.0. The molecular formula is C60H36S. The van der Waals surface area contributed by atoms with Crippen LogP contribution in [0.2, 0.25) is 0 Å². The number of thiophene rings is 1. The highest BCUT2D eigenvalue weighted by molar-refractivity contribution is 7.27. The van der Waals surface area contributed by atoms with Gasteiger partial charge >= 0.3 is 0 Å². The third-order valence-corrected chi connectivity index (χ3v) is 14.3. The first-order valence-corrected chi connectivity index (χ1v) is 21.9. The zero-order valence-corrected chi connectivity index (χ0v) is 34.0. The van der Waals surface area contributed by atoms with Gasteiger partial charge in [-0.25, -0.2) is 0 Å². The van der Waals surface area contributed by atoms with E-state index in [4.69, 9.17) is 0 Å². The van der Waals surface area contributed by atoms with Crippen LogP contribution in [-0.4, -0.2) is 0 Å². The SMILES string of the molecule is c1ccc(-c2ccc3c4ccccc4c4ccccc4c3c2)c(-c2ccc(-c3c4ccccc4c(-c4cccc5c4sc4c6ccccc6ccc54)c4ccccc34)cc2)c1. The monoisotopic (exact) mass is 788 g/mol. The van der Waals surface area contributed by atoms with Gasteiger partial charge in [0, 0.05) is 25.7 Å². The van der Waals surface area contributed by atoms with E-state index in [1.165, 1.54) is 129 Å². The average molecular weight is 789 g/mol. The first-order chi connectivity index (χ1) is 30.3. The summed E-state index contributed by atoms with van der Waals surface area (Å²) in [6, 6.07) is 81.1. The fraction of sp³-hybridized carbons (Fsp3) is 0. The van der Waals surface area contributed by atoms with Crippen LogP contribution in [0.15, 0.2) is 218 Å². The van der Waals surface area contributed by atoms with Gasteiger partial charge in [0.05, 0.1) is 0 Å². The van der Waals surface area contributed by atoms with Crippen LogP contribution >= 0.6 is 11.3 Å². The molecule has 0 radical (unpaired) electrons. The standard InChI is InChI=1S/C60H36S/c1-2-17-43-37(14-1)32-35-54-53-26-13-27-55(60(53)61-59(43)54)58-51-24-11-9-22-49(51)57(50-23-10-12-25-52(50)58)39-30-28-38(29-31-39)41-15-3-4-16-42(41)40-33-34-48-46-20-6-5-18-44(46)45-19-7-8-21-47(45)56(48)36-40/h1-36H. The molecule has 13 rings (SSSR count). The fourth-order valence-electron chi connectivity index (χ4n) is 10.3. The van der Waals surface area contributed by atoms with Crippen molar-refractivity contribution in [3.05, 3.63) is 218 Å². The highest BCUT2D eigenvalue weighted by atomic mass is 32.1. The topological polar surface area (TPSA) is 0 Å². The predicted octanol–water partition coefficient (Wildman–Crippen LogP) is 17.6.